The van der Waals surface area contributed by atoms with Gasteiger partial charge >= 0.3 is 7.12 Å². The Morgan fingerprint density at radius 1 is 0.185 bits per heavy atom. The molecule has 27 rings (SSSR count). The summed E-state index contributed by atoms with van der Waals surface area (Å²) in [6, 6.07) is 164. The highest BCUT2D eigenvalue weighted by Gasteiger charge is 2.52. The van der Waals surface area contributed by atoms with E-state index in [0.29, 0.717) is 29.1 Å². The minimum Gasteiger partial charge on any atom is -0.456 e. The third kappa shape index (κ3) is 16.9. The molecule has 1 aliphatic heterocycles. The van der Waals surface area contributed by atoms with Crippen molar-refractivity contribution in [1.29, 1.82) is 0 Å². The lowest BCUT2D eigenvalue weighted by Crippen LogP contribution is -2.41. The van der Waals surface area contributed by atoms with E-state index in [2.05, 4.69) is 377 Å². The van der Waals surface area contributed by atoms with Gasteiger partial charge in [-0.15, -0.1) is 0 Å². The van der Waals surface area contributed by atoms with Gasteiger partial charge in [-0.2, -0.15) is 9.97 Å². The summed E-state index contributed by atoms with van der Waals surface area (Å²) in [5.41, 5.74) is 34.1. The molecule has 0 spiro atoms. The van der Waals surface area contributed by atoms with E-state index in [1.54, 1.807) is 0 Å². The molecule has 12 nitrogen and oxygen atoms in total. The van der Waals surface area contributed by atoms with Crippen LogP contribution in [-0.2, 0) is 9.31 Å². The van der Waals surface area contributed by atoms with Crippen LogP contribution < -0.4 is 5.46 Å². The Labute approximate surface area is 848 Å². The summed E-state index contributed by atoms with van der Waals surface area (Å²) in [5, 5.41) is 8.59. The Bertz CT molecular complexity index is 9400. The predicted octanol–water partition coefficient (Wildman–Crippen LogP) is 35.0. The van der Waals surface area contributed by atoms with Crippen LogP contribution in [0.25, 0.3) is 256 Å². The molecule has 1 fully saturated rings. The number of fused-ring (bicyclic) bond motifs is 12. The Kier molecular flexibility index (Phi) is 23.1. The van der Waals surface area contributed by atoms with Crippen molar-refractivity contribution in [3.8, 4) is 168 Å². The van der Waals surface area contributed by atoms with Gasteiger partial charge in [-0.3, -0.25) is 0 Å². The second-order valence-electron chi connectivity index (χ2n) is 37.7. The zero-order valence-corrected chi connectivity index (χ0v) is 80.9. The lowest BCUT2D eigenvalue weighted by atomic mass is 9.78. The fraction of sp³-hybridized carbons (Fsp3) is 0.0455. The molecule has 0 bridgehead atoms. The number of hydrogen-bond donors (Lipinski definition) is 0. The molecule has 0 N–H and O–H groups in total. The van der Waals surface area contributed by atoms with E-state index < -0.39 is 0 Å². The average Bonchev–Trinajstić information content (AvgIpc) is 1.60. The molecule has 20 aromatic carbocycles. The van der Waals surface area contributed by atoms with Crippen LogP contribution in [0.5, 0.6) is 0 Å². The molecule has 26 aromatic rings. The number of nitrogens with zero attached hydrogens (tertiary/aromatic N) is 6. The minimum absolute atomic E-state index is 0.156. The van der Waals surface area contributed by atoms with Crippen LogP contribution >= 0.6 is 11.6 Å². The van der Waals surface area contributed by atoms with E-state index in [1.165, 1.54) is 5.56 Å². The normalized spacial score (nSPS) is 12.7. The highest BCUT2D eigenvalue weighted by Crippen LogP contribution is 2.49. The molecule has 0 radical (unpaired) electrons. The fourth-order valence-corrected chi connectivity index (χ4v) is 20.3. The largest absolute Gasteiger partial charge is 0.494 e. The van der Waals surface area contributed by atoms with Gasteiger partial charge in [0.05, 0.1) is 11.2 Å². The van der Waals surface area contributed by atoms with Crippen molar-refractivity contribution >= 4 is 112 Å². The van der Waals surface area contributed by atoms with E-state index in [4.69, 9.17) is 58.5 Å². The van der Waals surface area contributed by atoms with Gasteiger partial charge < -0.3 is 27.0 Å². The number of benzene rings is 20. The molecule has 7 heterocycles. The SMILES string of the molecule is CC1(C)OB(c2ccc(-c3ccc(-c4ccccc4-c4cccc5c4oc4c(-c6ccccc6)cccc45)cc3)cc2)OC1(C)C.Clc1nc(-c2ccccc2)nc(-c2cccc3oc4ccc(-c5ccccc5)cc4c23)n1.c1ccc(-c2ccc3oc4cccc(-c5nc(-c6ccccc6)nc(-c6ccc(-c7ccc(-c8ccccc8-c8cccc9c8oc8c(-c%10ccccc%10)cccc89)cc7)cc6)n5)c4c3c2)cc1. The minimum atomic E-state index is -0.362. The van der Waals surface area contributed by atoms with Gasteiger partial charge in [0.2, 0.25) is 5.28 Å². The third-order valence-corrected chi connectivity index (χ3v) is 28.5. The van der Waals surface area contributed by atoms with Crippen LogP contribution in [0.4, 0.5) is 0 Å². The number of rotatable bonds is 16. The maximum absolute atomic E-state index is 6.82. The van der Waals surface area contributed by atoms with E-state index in [9.17, 15) is 0 Å². The second-order valence-corrected chi connectivity index (χ2v) is 38.0. The summed E-state index contributed by atoms with van der Waals surface area (Å²) in [5.74, 6) is 2.84. The standard InChI is InChI=1S/C63H39N3O2.C42H35BO3.C27H16ClN3O/c1-4-15-40(16-5-1)47-37-38-56-55(39-47)58-54(27-14-28-57(58)67-56)63-65-61(45-19-8-3-9-20-45)64-62(66-63)46-35-31-42(32-36-46)41-29-33-44(34-30-41)48-21-10-11-22-50(48)51-24-13-26-53-52-25-12-23-49(59(52)68-60(51)53)43-17-6-2-7-18-43;1-41(2)42(3,4)46-43(45-41)32-26-24-29(25-27-32)28-20-22-31(23-21-28)33-14-8-9-15-35(33)36-17-11-19-38-37-18-10-16-34(39(37)44-40(36)38)30-12-6-5-7-13-30;28-27-30-25(18-10-5-2-6-11-18)29-26(31-27)20-12-7-13-23-24(20)21-16-19(14-15-22(21)32-23)17-8-3-1-4-9-17/h1-39H;5-27H,1-4H3;1-16H. The summed E-state index contributed by atoms with van der Waals surface area (Å²) < 4.78 is 38.6. The van der Waals surface area contributed by atoms with Gasteiger partial charge in [-0.25, -0.2) is 19.9 Å². The van der Waals surface area contributed by atoms with Crippen LogP contribution in [0.1, 0.15) is 27.7 Å². The first-order valence-electron chi connectivity index (χ1n) is 49.0. The summed E-state index contributed by atoms with van der Waals surface area (Å²) in [6.45, 7) is 8.33. The molecule has 146 heavy (non-hydrogen) atoms. The van der Waals surface area contributed by atoms with Crippen LogP contribution in [0.15, 0.2) is 491 Å². The van der Waals surface area contributed by atoms with Gasteiger partial charge in [-0.05, 0) is 170 Å². The lowest BCUT2D eigenvalue weighted by molar-refractivity contribution is 0.00578. The number of halogens is 1. The maximum atomic E-state index is 6.82. The Balaban J connectivity index is 0.000000123. The van der Waals surface area contributed by atoms with Crippen molar-refractivity contribution in [1.82, 2.24) is 29.9 Å². The van der Waals surface area contributed by atoms with Crippen LogP contribution in [0.3, 0.4) is 0 Å². The number of furan rings is 4. The van der Waals surface area contributed by atoms with Gasteiger partial charge in [0.15, 0.2) is 29.1 Å². The van der Waals surface area contributed by atoms with E-state index >= 15 is 0 Å². The molecule has 0 unspecified atom stereocenters. The van der Waals surface area contributed by atoms with E-state index in [-0.39, 0.29) is 23.6 Å². The first kappa shape index (κ1) is 89.3. The van der Waals surface area contributed by atoms with Crippen molar-refractivity contribution in [3.63, 3.8) is 0 Å². The molecule has 0 saturated carbocycles. The smallest absolute Gasteiger partial charge is 0.456 e. The summed E-state index contributed by atoms with van der Waals surface area (Å²) in [6.07, 6.45) is 0. The zero-order chi connectivity index (χ0) is 97.9. The number of hydrogen-bond acceptors (Lipinski definition) is 12. The summed E-state index contributed by atoms with van der Waals surface area (Å²) in [7, 11) is -0.362. The van der Waals surface area contributed by atoms with Crippen LogP contribution in [0, 0.1) is 0 Å². The van der Waals surface area contributed by atoms with Gasteiger partial charge in [-0.1, -0.05) is 437 Å². The molecule has 694 valence electrons. The van der Waals surface area contributed by atoms with E-state index in [1.807, 2.05) is 133 Å². The molecular formula is C132H90BClN6O6. The molecule has 6 aromatic heterocycles. The Morgan fingerprint density at radius 2 is 0.438 bits per heavy atom. The molecule has 0 amide bonds. The van der Waals surface area contributed by atoms with Gasteiger partial charge in [0, 0.05) is 93.2 Å². The topological polar surface area (TPSA) is 148 Å². The Hall–Kier alpha value is -18.1. The molecule has 0 aliphatic carbocycles. The predicted molar refractivity (Wildman–Crippen MR) is 597 cm³/mol. The number of aromatic nitrogens is 6. The van der Waals surface area contributed by atoms with Gasteiger partial charge in [0.25, 0.3) is 0 Å². The molecular weight excluding hydrogens is 1810 g/mol. The zero-order valence-electron chi connectivity index (χ0n) is 80.1. The van der Waals surface area contributed by atoms with Crippen LogP contribution in [0.2, 0.25) is 5.28 Å². The molecule has 1 saturated heterocycles. The van der Waals surface area contributed by atoms with Crippen LogP contribution in [-0.4, -0.2) is 48.2 Å². The first-order valence-corrected chi connectivity index (χ1v) is 49.4. The van der Waals surface area contributed by atoms with Crippen molar-refractivity contribution in [3.05, 3.63) is 478 Å². The third-order valence-electron chi connectivity index (χ3n) is 28.3. The van der Waals surface area contributed by atoms with Crippen molar-refractivity contribution in [2.24, 2.45) is 0 Å². The molecule has 0 atom stereocenters. The summed E-state index contributed by atoms with van der Waals surface area (Å²) in [4.78, 5) is 28.9. The quantitative estimate of drug-likeness (QED) is 0.0848. The highest BCUT2D eigenvalue weighted by molar-refractivity contribution is 6.62. The van der Waals surface area contributed by atoms with Gasteiger partial charge in [0.1, 0.15) is 44.7 Å². The fourth-order valence-electron chi connectivity index (χ4n) is 20.2. The van der Waals surface area contributed by atoms with Crippen molar-refractivity contribution < 1.29 is 27.0 Å². The Morgan fingerprint density at radius 3 is 0.829 bits per heavy atom. The second kappa shape index (κ2) is 37.7. The number of para-hydroxylation sites is 4. The maximum Gasteiger partial charge on any atom is 0.494 e. The monoisotopic (exact) mass is 1900 g/mol. The summed E-state index contributed by atoms with van der Waals surface area (Å²) >= 11 is 6.31. The van der Waals surface area contributed by atoms with E-state index in [0.717, 1.165) is 227 Å². The lowest BCUT2D eigenvalue weighted by Gasteiger charge is -2.32. The first-order chi connectivity index (χ1) is 71.7. The highest BCUT2D eigenvalue weighted by atomic mass is 35.5. The molecule has 1 aliphatic rings. The molecule has 14 heteroatoms. The average molecular weight is 1900 g/mol. The van der Waals surface area contributed by atoms with Crippen molar-refractivity contribution in [2.45, 2.75) is 38.9 Å². The van der Waals surface area contributed by atoms with Crippen molar-refractivity contribution in [2.75, 3.05) is 0 Å².